The van der Waals surface area contributed by atoms with Crippen molar-refractivity contribution in [3.05, 3.63) is 106 Å². The van der Waals surface area contributed by atoms with Gasteiger partial charge in [0.2, 0.25) is 16.1 Å². The van der Waals surface area contributed by atoms with Gasteiger partial charge >= 0.3 is 0 Å². The first-order chi connectivity index (χ1) is 13.9. The summed E-state index contributed by atoms with van der Waals surface area (Å²) in [6, 6.07) is 21.7. The second-order valence-electron chi connectivity index (χ2n) is 6.60. The Kier molecular flexibility index (Phi) is 6.69. The van der Waals surface area contributed by atoms with Gasteiger partial charge in [-0.25, -0.2) is 17.9 Å². The van der Waals surface area contributed by atoms with E-state index in [0.29, 0.717) is 16.1 Å². The van der Waals surface area contributed by atoms with Gasteiger partial charge in [-0.3, -0.25) is 0 Å². The molecule has 0 spiro atoms. The van der Waals surface area contributed by atoms with Gasteiger partial charge in [-0.05, 0) is 37.3 Å². The second kappa shape index (κ2) is 9.22. The van der Waals surface area contributed by atoms with Crippen LogP contribution in [0.2, 0.25) is 5.02 Å². The number of nitrogens with one attached hydrogen (secondary N) is 1. The highest BCUT2D eigenvalue weighted by molar-refractivity contribution is 7.89. The zero-order valence-corrected chi connectivity index (χ0v) is 17.4. The lowest BCUT2D eigenvalue weighted by atomic mass is 10.1. The first kappa shape index (κ1) is 21.0. The molecule has 0 aliphatic carbocycles. The lowest BCUT2D eigenvalue weighted by Crippen LogP contribution is -2.32. The summed E-state index contributed by atoms with van der Waals surface area (Å²) in [6.45, 7) is 1.75. The van der Waals surface area contributed by atoms with Gasteiger partial charge in [0.25, 0.3) is 0 Å². The van der Waals surface area contributed by atoms with Crippen LogP contribution in [-0.2, 0) is 10.0 Å². The Balaban J connectivity index is 1.91. The molecule has 7 heteroatoms. The van der Waals surface area contributed by atoms with Crippen molar-refractivity contribution < 1.29 is 13.2 Å². The second-order valence-corrected chi connectivity index (χ2v) is 8.78. The number of rotatable bonds is 7. The zero-order chi connectivity index (χ0) is 20.9. The first-order valence-corrected chi connectivity index (χ1v) is 10.9. The minimum Gasteiger partial charge on any atom is -0.623 e. The molecule has 0 bridgehead atoms. The van der Waals surface area contributed by atoms with Crippen molar-refractivity contribution in [2.24, 2.45) is 0 Å². The lowest BCUT2D eigenvalue weighted by Gasteiger charge is -2.19. The van der Waals surface area contributed by atoms with Crippen molar-refractivity contribution in [2.45, 2.75) is 17.9 Å². The Morgan fingerprint density at radius 1 is 1.00 bits per heavy atom. The zero-order valence-electron chi connectivity index (χ0n) is 15.8. The van der Waals surface area contributed by atoms with Gasteiger partial charge in [-0.2, -0.15) is 0 Å². The van der Waals surface area contributed by atoms with Gasteiger partial charge < -0.3 is 5.21 Å². The SMILES string of the molecule is Cc1ccc(S(=O)(=O)NCC(c2ccccc2Cl)/[N+]([O-])=C/c2ccccc2)cc1. The Labute approximate surface area is 175 Å². The van der Waals surface area contributed by atoms with Crippen LogP contribution in [0.3, 0.4) is 0 Å². The molecule has 5 nitrogen and oxygen atoms in total. The molecule has 0 saturated heterocycles. The van der Waals surface area contributed by atoms with Crippen LogP contribution >= 0.6 is 11.6 Å². The van der Waals surface area contributed by atoms with Crippen LogP contribution in [0.4, 0.5) is 0 Å². The van der Waals surface area contributed by atoms with Crippen molar-refractivity contribution in [3.8, 4) is 0 Å². The Bertz CT molecular complexity index is 1100. The number of hydrogen-bond acceptors (Lipinski definition) is 3. The summed E-state index contributed by atoms with van der Waals surface area (Å²) in [7, 11) is -3.77. The minimum atomic E-state index is -3.77. The van der Waals surface area contributed by atoms with E-state index >= 15 is 0 Å². The van der Waals surface area contributed by atoms with E-state index in [1.54, 1.807) is 48.5 Å². The summed E-state index contributed by atoms with van der Waals surface area (Å²) < 4.78 is 28.6. The molecule has 0 aromatic heterocycles. The van der Waals surface area contributed by atoms with Crippen LogP contribution < -0.4 is 4.72 Å². The largest absolute Gasteiger partial charge is 0.623 e. The van der Waals surface area contributed by atoms with Crippen LogP contribution in [0, 0.1) is 12.1 Å². The van der Waals surface area contributed by atoms with Crippen molar-refractivity contribution in [1.29, 1.82) is 0 Å². The molecule has 1 N–H and O–H groups in total. The van der Waals surface area contributed by atoms with Crippen LogP contribution in [0.25, 0.3) is 0 Å². The van der Waals surface area contributed by atoms with E-state index in [1.165, 1.54) is 18.3 Å². The van der Waals surface area contributed by atoms with Crippen molar-refractivity contribution >= 4 is 27.8 Å². The molecule has 3 aromatic rings. The number of halogens is 1. The lowest BCUT2D eigenvalue weighted by molar-refractivity contribution is -0.500. The predicted molar refractivity (Wildman–Crippen MR) is 116 cm³/mol. The van der Waals surface area contributed by atoms with E-state index in [4.69, 9.17) is 11.6 Å². The third-order valence-electron chi connectivity index (χ3n) is 4.45. The topological polar surface area (TPSA) is 72.2 Å². The van der Waals surface area contributed by atoms with E-state index in [9.17, 15) is 13.6 Å². The number of hydroxylamine groups is 1. The fourth-order valence-corrected chi connectivity index (χ4v) is 4.15. The molecule has 3 aromatic carbocycles. The van der Waals surface area contributed by atoms with Crippen molar-refractivity contribution in [3.63, 3.8) is 0 Å². The van der Waals surface area contributed by atoms with Gasteiger partial charge in [-0.15, -0.1) is 0 Å². The standard InChI is InChI=1S/C22H21ClN2O3S/c1-17-11-13-19(14-12-17)29(27,28)24-15-22(20-9-5-6-10-21(20)23)25(26)16-18-7-3-2-4-8-18/h2-14,16,22,24H,15H2,1H3/b25-16-. The maximum Gasteiger partial charge on any atom is 0.240 e. The average Bonchev–Trinajstić information content (AvgIpc) is 2.70. The Morgan fingerprint density at radius 2 is 1.62 bits per heavy atom. The molecule has 1 atom stereocenters. The molecular formula is C22H21ClN2O3S. The summed E-state index contributed by atoms with van der Waals surface area (Å²) in [5.41, 5.74) is 2.21. The molecule has 0 aliphatic rings. The summed E-state index contributed by atoms with van der Waals surface area (Å²) in [6.07, 6.45) is 1.42. The summed E-state index contributed by atoms with van der Waals surface area (Å²) in [4.78, 5) is 0.144. The van der Waals surface area contributed by atoms with E-state index < -0.39 is 16.1 Å². The Hall–Kier alpha value is -2.67. The number of nitrogens with zero attached hydrogens (tertiary/aromatic N) is 1. The van der Waals surface area contributed by atoms with Crippen molar-refractivity contribution in [2.75, 3.05) is 6.54 Å². The van der Waals surface area contributed by atoms with Crippen molar-refractivity contribution in [1.82, 2.24) is 4.72 Å². The molecule has 1 unspecified atom stereocenters. The smallest absolute Gasteiger partial charge is 0.240 e. The molecule has 0 radical (unpaired) electrons. The van der Waals surface area contributed by atoms with Gasteiger partial charge in [-0.1, -0.05) is 65.7 Å². The van der Waals surface area contributed by atoms with Crippen LogP contribution in [0.15, 0.2) is 83.8 Å². The summed E-state index contributed by atoms with van der Waals surface area (Å²) in [5.74, 6) is 0. The van der Waals surface area contributed by atoms with Gasteiger partial charge in [0.15, 0.2) is 6.21 Å². The molecule has 0 saturated carbocycles. The fourth-order valence-electron chi connectivity index (χ4n) is 2.85. The highest BCUT2D eigenvalue weighted by Crippen LogP contribution is 2.25. The normalized spacial score (nSPS) is 13.2. The van der Waals surface area contributed by atoms with Crippen LogP contribution in [-0.4, -0.2) is 25.9 Å². The summed E-state index contributed by atoms with van der Waals surface area (Å²) in [5, 5.41) is 13.3. The molecule has 3 rings (SSSR count). The molecule has 0 amide bonds. The highest BCUT2D eigenvalue weighted by atomic mass is 35.5. The fraction of sp³-hybridized carbons (Fsp3) is 0.136. The molecule has 0 fully saturated rings. The first-order valence-electron chi connectivity index (χ1n) is 9.03. The predicted octanol–water partition coefficient (Wildman–Crippen LogP) is 4.30. The van der Waals surface area contributed by atoms with Crippen LogP contribution in [0.5, 0.6) is 0 Å². The number of aryl methyl sites for hydroxylation is 1. The molecule has 0 aliphatic heterocycles. The van der Waals surface area contributed by atoms with Gasteiger partial charge in [0.1, 0.15) is 0 Å². The maximum atomic E-state index is 12.9. The maximum absolute atomic E-state index is 12.9. The van der Waals surface area contributed by atoms with Gasteiger partial charge in [0, 0.05) is 11.1 Å². The van der Waals surface area contributed by atoms with E-state index in [0.717, 1.165) is 10.3 Å². The quantitative estimate of drug-likeness (QED) is 0.264. The highest BCUT2D eigenvalue weighted by Gasteiger charge is 2.25. The third kappa shape index (κ3) is 5.44. The minimum absolute atomic E-state index is 0.132. The number of hydrogen-bond donors (Lipinski definition) is 1. The van der Waals surface area contributed by atoms with Gasteiger partial charge in [0.05, 0.1) is 16.5 Å². The molecular weight excluding hydrogens is 408 g/mol. The average molecular weight is 429 g/mol. The monoisotopic (exact) mass is 428 g/mol. The van der Waals surface area contributed by atoms with E-state index in [2.05, 4.69) is 4.72 Å². The molecule has 29 heavy (non-hydrogen) atoms. The molecule has 0 heterocycles. The number of sulfonamides is 1. The number of benzene rings is 3. The van der Waals surface area contributed by atoms with E-state index in [-0.39, 0.29) is 11.4 Å². The summed E-state index contributed by atoms with van der Waals surface area (Å²) >= 11 is 6.29. The van der Waals surface area contributed by atoms with Crippen LogP contribution in [0.1, 0.15) is 22.7 Å². The molecule has 150 valence electrons. The van der Waals surface area contributed by atoms with E-state index in [1.807, 2.05) is 25.1 Å². The third-order valence-corrected chi connectivity index (χ3v) is 6.23. The Morgan fingerprint density at radius 3 is 2.28 bits per heavy atom.